The molecule has 3 rings (SSSR count). The summed E-state index contributed by atoms with van der Waals surface area (Å²) >= 11 is 0. The van der Waals surface area contributed by atoms with Crippen LogP contribution in [0.25, 0.3) is 0 Å². The number of carbonyl (C=O) groups is 1. The molecule has 1 aliphatic carbocycles. The number of piperazine rings is 1. The number of alkyl halides is 5. The molecule has 0 atom stereocenters. The second-order valence-corrected chi connectivity index (χ2v) is 11.3. The largest absolute Gasteiger partial charge is 0.417 e. The van der Waals surface area contributed by atoms with E-state index < -0.39 is 44.6 Å². The Hall–Kier alpha value is -1.30. The van der Waals surface area contributed by atoms with Crippen molar-refractivity contribution >= 4 is 28.2 Å². The quantitative estimate of drug-likeness (QED) is 0.324. The van der Waals surface area contributed by atoms with Crippen LogP contribution in [0, 0.1) is 0 Å². The van der Waals surface area contributed by atoms with Crippen LogP contribution in [-0.2, 0) is 16.2 Å². The number of benzene rings is 1. The van der Waals surface area contributed by atoms with Gasteiger partial charge in [0.2, 0.25) is 15.9 Å². The fourth-order valence-corrected chi connectivity index (χ4v) is 6.58. The highest BCUT2D eigenvalue weighted by molar-refractivity contribution is 7.89. The highest BCUT2D eigenvalue weighted by Crippen LogP contribution is 2.45. The van der Waals surface area contributed by atoms with E-state index in [0.717, 1.165) is 12.1 Å². The summed E-state index contributed by atoms with van der Waals surface area (Å²) in [5.41, 5.74) is -2.19. The van der Waals surface area contributed by atoms with Crippen molar-refractivity contribution in [1.82, 2.24) is 9.21 Å². The number of hydrogen-bond donors (Lipinski definition) is 0. The third-order valence-electron chi connectivity index (χ3n) is 7.03. The average Bonchev–Trinajstić information content (AvgIpc) is 2.78. The summed E-state index contributed by atoms with van der Waals surface area (Å²) in [5, 5.41) is 0. The minimum atomic E-state index is -4.67. The van der Waals surface area contributed by atoms with Gasteiger partial charge >= 0.3 is 6.18 Å². The molecular weight excluding hydrogens is 515 g/mol. The average molecular weight is 547 g/mol. The minimum Gasteiger partial charge on any atom is -0.295 e. The molecule has 0 aromatic heterocycles. The van der Waals surface area contributed by atoms with Gasteiger partial charge < -0.3 is 0 Å². The maximum atomic E-state index is 14.0. The number of ketones is 1. The van der Waals surface area contributed by atoms with E-state index in [-0.39, 0.29) is 69.8 Å². The maximum absolute atomic E-state index is 14.0. The first-order chi connectivity index (χ1) is 15.8. The van der Waals surface area contributed by atoms with Crippen LogP contribution in [0.1, 0.15) is 67.8 Å². The number of carbonyl (C=O) groups excluding carboxylic acids is 1. The van der Waals surface area contributed by atoms with Crippen LogP contribution >= 0.6 is 12.4 Å². The van der Waals surface area contributed by atoms with Gasteiger partial charge in [-0.1, -0.05) is 25.1 Å². The highest BCUT2D eigenvalue weighted by Gasteiger charge is 2.47. The Balaban J connectivity index is 0.00000432. The molecule has 0 unspecified atom stereocenters. The van der Waals surface area contributed by atoms with Gasteiger partial charge in [0.25, 0.3) is 0 Å². The van der Waals surface area contributed by atoms with E-state index in [4.69, 9.17) is 0 Å². The molecule has 1 saturated carbocycles. The lowest BCUT2D eigenvalue weighted by Crippen LogP contribution is -2.60. The summed E-state index contributed by atoms with van der Waals surface area (Å²) in [7, 11) is -3.38. The molecule has 1 aromatic carbocycles. The Labute approximate surface area is 209 Å². The molecule has 35 heavy (non-hydrogen) atoms. The predicted molar refractivity (Wildman–Crippen MR) is 126 cm³/mol. The number of halogens is 6. The molecule has 0 radical (unpaired) electrons. The number of Topliss-reactive ketones (excluding diaryl/α,β-unsaturated/α-hetero) is 1. The topological polar surface area (TPSA) is 57.7 Å². The number of sulfonamides is 1. The second kappa shape index (κ2) is 11.4. The predicted octanol–water partition coefficient (Wildman–Crippen LogP) is 5.40. The highest BCUT2D eigenvalue weighted by atomic mass is 35.5. The van der Waals surface area contributed by atoms with Gasteiger partial charge in [-0.15, -0.1) is 12.4 Å². The second-order valence-electron chi connectivity index (χ2n) is 9.25. The molecular formula is C23H32ClF5N2O3S. The van der Waals surface area contributed by atoms with E-state index in [1.165, 1.54) is 16.4 Å². The molecule has 12 heteroatoms. The number of rotatable bonds is 8. The minimum absolute atomic E-state index is 0. The molecule has 0 bridgehead atoms. The van der Waals surface area contributed by atoms with Gasteiger partial charge in [-0.3, -0.25) is 9.69 Å². The fraction of sp³-hybridized carbons (Fsp3) is 0.696. The van der Waals surface area contributed by atoms with Gasteiger partial charge in [-0.25, -0.2) is 17.2 Å². The van der Waals surface area contributed by atoms with Crippen LogP contribution in [0.5, 0.6) is 0 Å². The van der Waals surface area contributed by atoms with Crippen LogP contribution in [0.3, 0.4) is 0 Å². The molecule has 1 aromatic rings. The summed E-state index contributed by atoms with van der Waals surface area (Å²) < 4.78 is 94.2. The van der Waals surface area contributed by atoms with Gasteiger partial charge in [0, 0.05) is 56.5 Å². The van der Waals surface area contributed by atoms with Crippen molar-refractivity contribution < 1.29 is 35.2 Å². The molecule has 0 spiro atoms. The molecule has 2 aliphatic rings. The first-order valence-corrected chi connectivity index (χ1v) is 13.2. The monoisotopic (exact) mass is 546 g/mol. The summed E-state index contributed by atoms with van der Waals surface area (Å²) in [6.45, 7) is 2.90. The van der Waals surface area contributed by atoms with Gasteiger partial charge in [0.15, 0.2) is 5.78 Å². The van der Waals surface area contributed by atoms with Crippen molar-refractivity contribution in [3.05, 3.63) is 35.4 Å². The van der Waals surface area contributed by atoms with Crippen molar-refractivity contribution in [2.75, 3.05) is 31.9 Å². The lowest BCUT2D eigenvalue weighted by atomic mass is 9.74. The van der Waals surface area contributed by atoms with Crippen LogP contribution in [-0.4, -0.2) is 66.8 Å². The third-order valence-corrected chi connectivity index (χ3v) is 9.10. The summed E-state index contributed by atoms with van der Waals surface area (Å²) in [5.74, 6) is -3.45. The molecule has 2 fully saturated rings. The number of hydrogen-bond acceptors (Lipinski definition) is 4. The molecule has 5 nitrogen and oxygen atoms in total. The first kappa shape index (κ1) is 29.9. The zero-order valence-electron chi connectivity index (χ0n) is 19.6. The smallest absolute Gasteiger partial charge is 0.295 e. The van der Waals surface area contributed by atoms with Crippen LogP contribution in [0.4, 0.5) is 22.0 Å². The zero-order valence-corrected chi connectivity index (χ0v) is 21.3. The van der Waals surface area contributed by atoms with Crippen LogP contribution < -0.4 is 0 Å². The zero-order chi connectivity index (χ0) is 25.2. The molecule has 200 valence electrons. The first-order valence-electron chi connectivity index (χ1n) is 11.6. The Bertz CT molecular complexity index is 970. The molecule has 0 amide bonds. The SMILES string of the molecule is CCCS(=O)(=O)N1CCN(C2(CCC(=O)c3ccccc3C(F)(F)F)CCC(F)(F)CC2)CC1.Cl. The standard InChI is InChI=1S/C23H31F5N2O3S.ClH/c1-2-17-34(32,33)30-15-13-29(14-16-30)21(9-11-22(24,25)12-10-21)8-7-20(31)18-5-3-4-6-19(18)23(26,27)28;/h3-6H,2,7-17H2,1H3;1H. The van der Waals surface area contributed by atoms with Crippen molar-refractivity contribution in [3.8, 4) is 0 Å². The Morgan fingerprint density at radius 2 is 1.57 bits per heavy atom. The summed E-state index contributed by atoms with van der Waals surface area (Å²) in [4.78, 5) is 14.8. The van der Waals surface area contributed by atoms with Crippen molar-refractivity contribution in [2.24, 2.45) is 0 Å². The Kier molecular flexibility index (Phi) is 9.74. The van der Waals surface area contributed by atoms with E-state index in [1.54, 1.807) is 6.92 Å². The molecule has 0 N–H and O–H groups in total. The van der Waals surface area contributed by atoms with Crippen molar-refractivity contribution in [1.29, 1.82) is 0 Å². The van der Waals surface area contributed by atoms with Gasteiger partial charge in [0.05, 0.1) is 11.3 Å². The van der Waals surface area contributed by atoms with Crippen molar-refractivity contribution in [2.45, 2.75) is 69.5 Å². The van der Waals surface area contributed by atoms with E-state index in [2.05, 4.69) is 0 Å². The van der Waals surface area contributed by atoms with Gasteiger partial charge in [0.1, 0.15) is 0 Å². The third kappa shape index (κ3) is 7.14. The summed E-state index contributed by atoms with van der Waals surface area (Å²) in [6, 6.07) is 4.59. The lowest BCUT2D eigenvalue weighted by Gasteiger charge is -2.51. The molecule has 1 heterocycles. The van der Waals surface area contributed by atoms with E-state index in [0.29, 0.717) is 19.5 Å². The molecule has 1 aliphatic heterocycles. The fourth-order valence-electron chi connectivity index (χ4n) is 5.09. The Morgan fingerprint density at radius 3 is 2.11 bits per heavy atom. The normalized spacial score (nSPS) is 21.3. The lowest BCUT2D eigenvalue weighted by molar-refractivity contribution is -0.137. The number of nitrogens with zero attached hydrogens (tertiary/aromatic N) is 2. The Morgan fingerprint density at radius 1 is 1.00 bits per heavy atom. The molecule has 1 saturated heterocycles. The van der Waals surface area contributed by atoms with E-state index in [9.17, 15) is 35.2 Å². The maximum Gasteiger partial charge on any atom is 0.417 e. The van der Waals surface area contributed by atoms with E-state index in [1.807, 2.05) is 4.90 Å². The van der Waals surface area contributed by atoms with Crippen molar-refractivity contribution in [3.63, 3.8) is 0 Å². The van der Waals surface area contributed by atoms with Gasteiger partial charge in [-0.05, 0) is 31.7 Å². The van der Waals surface area contributed by atoms with Crippen LogP contribution in [0.15, 0.2) is 24.3 Å². The summed E-state index contributed by atoms with van der Waals surface area (Å²) in [6.07, 6.45) is -4.75. The van der Waals surface area contributed by atoms with Gasteiger partial charge in [-0.2, -0.15) is 17.5 Å². The van der Waals surface area contributed by atoms with Crippen LogP contribution in [0.2, 0.25) is 0 Å². The van der Waals surface area contributed by atoms with E-state index >= 15 is 0 Å².